The molecule has 0 saturated heterocycles. The Morgan fingerprint density at radius 1 is 1.27 bits per heavy atom. The largest absolute Gasteiger partial charge is 0.295 e. The number of sulfonamides is 1. The van der Waals surface area contributed by atoms with Crippen molar-refractivity contribution in [3.63, 3.8) is 0 Å². The third-order valence-electron chi connectivity index (χ3n) is 4.08. The van der Waals surface area contributed by atoms with Crippen molar-refractivity contribution in [1.82, 2.24) is 9.62 Å². The minimum absolute atomic E-state index is 0.173. The topological polar surface area (TPSA) is 49.4 Å². The van der Waals surface area contributed by atoms with E-state index in [-0.39, 0.29) is 6.04 Å². The Hall–Kier alpha value is -1.21. The molecule has 0 bridgehead atoms. The number of nitrogens with zero attached hydrogens (tertiary/aromatic N) is 1. The molecule has 2 aromatic rings. The maximum Gasteiger partial charge on any atom is 0.240 e. The first kappa shape index (κ1) is 15.7. The molecule has 0 aliphatic carbocycles. The van der Waals surface area contributed by atoms with E-state index in [1.165, 1.54) is 10.4 Å². The van der Waals surface area contributed by atoms with Gasteiger partial charge in [0, 0.05) is 30.6 Å². The Bertz CT molecular complexity index is 726. The average Bonchev–Trinajstić information content (AvgIpc) is 3.01. The molecule has 0 amide bonds. The molecule has 0 spiro atoms. The summed E-state index contributed by atoms with van der Waals surface area (Å²) in [5, 5.41) is 2.14. The fourth-order valence-electron chi connectivity index (χ4n) is 2.69. The Kier molecular flexibility index (Phi) is 4.63. The van der Waals surface area contributed by atoms with Crippen LogP contribution in [-0.4, -0.2) is 32.4 Å². The maximum atomic E-state index is 12.2. The van der Waals surface area contributed by atoms with E-state index >= 15 is 0 Å². The molecule has 6 heteroatoms. The first-order valence-electron chi connectivity index (χ1n) is 7.40. The van der Waals surface area contributed by atoms with Crippen molar-refractivity contribution in [2.45, 2.75) is 30.8 Å². The van der Waals surface area contributed by atoms with Gasteiger partial charge in [-0.25, -0.2) is 13.1 Å². The molecule has 118 valence electrons. The molecule has 4 nitrogen and oxygen atoms in total. The Morgan fingerprint density at radius 2 is 2.05 bits per heavy atom. The molecule has 1 atom stereocenters. The van der Waals surface area contributed by atoms with Crippen molar-refractivity contribution in [2.75, 3.05) is 13.1 Å². The average molecular weight is 336 g/mol. The number of benzene rings is 1. The summed E-state index contributed by atoms with van der Waals surface area (Å²) in [7, 11) is -3.42. The monoisotopic (exact) mass is 336 g/mol. The molecule has 3 rings (SSSR count). The molecular formula is C16H20N2O2S2. The molecule has 22 heavy (non-hydrogen) atoms. The van der Waals surface area contributed by atoms with E-state index in [2.05, 4.69) is 28.0 Å². The summed E-state index contributed by atoms with van der Waals surface area (Å²) in [4.78, 5) is 4.12. The van der Waals surface area contributed by atoms with Crippen LogP contribution in [0.4, 0.5) is 0 Å². The van der Waals surface area contributed by atoms with Gasteiger partial charge in [-0.1, -0.05) is 18.2 Å². The van der Waals surface area contributed by atoms with Gasteiger partial charge in [0.2, 0.25) is 10.0 Å². The highest BCUT2D eigenvalue weighted by atomic mass is 32.2. The fourth-order valence-corrected chi connectivity index (χ4v) is 4.72. The standard InChI is InChI=1S/C16H20N2O2S2/c1-13(18-9-7-16-14(12-18)8-10-21-16)11-17-22(19,20)15-5-3-2-4-6-15/h2-6,8,10,13,17H,7,9,11-12H2,1H3. The number of rotatable bonds is 5. The second-order valence-electron chi connectivity index (χ2n) is 5.60. The summed E-state index contributed by atoms with van der Waals surface area (Å²) >= 11 is 1.82. The lowest BCUT2D eigenvalue weighted by atomic mass is 10.1. The van der Waals surface area contributed by atoms with Crippen LogP contribution in [0.2, 0.25) is 0 Å². The molecule has 0 fully saturated rings. The molecule has 0 saturated carbocycles. The normalized spacial score (nSPS) is 17.1. The summed E-state index contributed by atoms with van der Waals surface area (Å²) in [5.41, 5.74) is 1.38. The molecule has 0 radical (unpaired) electrons. The summed E-state index contributed by atoms with van der Waals surface area (Å²) in [6.45, 7) is 4.40. The summed E-state index contributed by atoms with van der Waals surface area (Å²) < 4.78 is 27.2. The molecule has 2 heterocycles. The van der Waals surface area contributed by atoms with Crippen LogP contribution < -0.4 is 4.72 Å². The van der Waals surface area contributed by atoms with Gasteiger partial charge < -0.3 is 0 Å². The van der Waals surface area contributed by atoms with Gasteiger partial charge in [0.15, 0.2) is 0 Å². The van der Waals surface area contributed by atoms with E-state index in [1.807, 2.05) is 17.4 Å². The minimum atomic E-state index is -3.42. The lowest BCUT2D eigenvalue weighted by Crippen LogP contribution is -2.44. The fraction of sp³-hybridized carbons (Fsp3) is 0.375. The van der Waals surface area contributed by atoms with Gasteiger partial charge in [-0.3, -0.25) is 4.90 Å². The molecule has 1 N–H and O–H groups in total. The van der Waals surface area contributed by atoms with Crippen molar-refractivity contribution in [3.8, 4) is 0 Å². The van der Waals surface area contributed by atoms with Crippen LogP contribution in [0, 0.1) is 0 Å². The van der Waals surface area contributed by atoms with E-state index in [0.717, 1.165) is 19.5 Å². The lowest BCUT2D eigenvalue weighted by molar-refractivity contribution is 0.193. The SMILES string of the molecule is CC(CNS(=O)(=O)c1ccccc1)N1CCc2sccc2C1. The predicted octanol–water partition coefficient (Wildman–Crippen LogP) is 2.47. The predicted molar refractivity (Wildman–Crippen MR) is 89.5 cm³/mol. The zero-order chi connectivity index (χ0) is 15.6. The van der Waals surface area contributed by atoms with Crippen LogP contribution in [0.3, 0.4) is 0 Å². The smallest absolute Gasteiger partial charge is 0.240 e. The van der Waals surface area contributed by atoms with Crippen LogP contribution in [0.5, 0.6) is 0 Å². The second kappa shape index (κ2) is 6.50. The van der Waals surface area contributed by atoms with Crippen LogP contribution in [0.15, 0.2) is 46.7 Å². The van der Waals surface area contributed by atoms with Gasteiger partial charge in [-0.15, -0.1) is 11.3 Å². The van der Waals surface area contributed by atoms with Crippen LogP contribution in [-0.2, 0) is 23.0 Å². The van der Waals surface area contributed by atoms with Crippen molar-refractivity contribution in [1.29, 1.82) is 0 Å². The van der Waals surface area contributed by atoms with Crippen molar-refractivity contribution >= 4 is 21.4 Å². The maximum absolute atomic E-state index is 12.2. The number of hydrogen-bond donors (Lipinski definition) is 1. The van der Waals surface area contributed by atoms with Crippen LogP contribution >= 0.6 is 11.3 Å². The zero-order valence-electron chi connectivity index (χ0n) is 12.5. The molecule has 1 aromatic carbocycles. The molecular weight excluding hydrogens is 316 g/mol. The summed E-state index contributed by atoms with van der Waals surface area (Å²) in [6.07, 6.45) is 1.06. The molecule has 1 aliphatic rings. The number of hydrogen-bond acceptors (Lipinski definition) is 4. The van der Waals surface area contributed by atoms with Gasteiger partial charge >= 0.3 is 0 Å². The summed E-state index contributed by atoms with van der Waals surface area (Å²) in [6, 6.07) is 10.9. The van der Waals surface area contributed by atoms with Gasteiger partial charge in [-0.05, 0) is 42.5 Å². The van der Waals surface area contributed by atoms with E-state index in [9.17, 15) is 8.42 Å². The van der Waals surface area contributed by atoms with Gasteiger partial charge in [0.05, 0.1) is 4.90 Å². The minimum Gasteiger partial charge on any atom is -0.295 e. The Labute approximate surface area is 135 Å². The summed E-state index contributed by atoms with van der Waals surface area (Å²) in [5.74, 6) is 0. The molecule has 1 unspecified atom stereocenters. The molecule has 1 aromatic heterocycles. The Balaban J connectivity index is 1.60. The lowest BCUT2D eigenvalue weighted by Gasteiger charge is -2.32. The number of thiophene rings is 1. The van der Waals surface area contributed by atoms with Gasteiger partial charge in [0.25, 0.3) is 0 Å². The van der Waals surface area contributed by atoms with Crippen molar-refractivity contribution < 1.29 is 8.42 Å². The van der Waals surface area contributed by atoms with Crippen LogP contribution in [0.25, 0.3) is 0 Å². The van der Waals surface area contributed by atoms with E-state index in [0.29, 0.717) is 11.4 Å². The quantitative estimate of drug-likeness (QED) is 0.912. The van der Waals surface area contributed by atoms with Gasteiger partial charge in [-0.2, -0.15) is 0 Å². The van der Waals surface area contributed by atoms with E-state index in [1.54, 1.807) is 24.3 Å². The highest BCUT2D eigenvalue weighted by molar-refractivity contribution is 7.89. The highest BCUT2D eigenvalue weighted by Crippen LogP contribution is 2.25. The third-order valence-corrected chi connectivity index (χ3v) is 6.55. The van der Waals surface area contributed by atoms with Crippen molar-refractivity contribution in [2.24, 2.45) is 0 Å². The van der Waals surface area contributed by atoms with E-state index in [4.69, 9.17) is 0 Å². The number of fused-ring (bicyclic) bond motifs is 1. The molecule has 1 aliphatic heterocycles. The van der Waals surface area contributed by atoms with Gasteiger partial charge in [0.1, 0.15) is 0 Å². The first-order chi connectivity index (χ1) is 10.6. The van der Waals surface area contributed by atoms with Crippen LogP contribution in [0.1, 0.15) is 17.4 Å². The third kappa shape index (κ3) is 3.41. The van der Waals surface area contributed by atoms with Crippen molar-refractivity contribution in [3.05, 3.63) is 52.2 Å². The second-order valence-corrected chi connectivity index (χ2v) is 8.37. The highest BCUT2D eigenvalue weighted by Gasteiger charge is 2.23. The van der Waals surface area contributed by atoms with E-state index < -0.39 is 10.0 Å². The number of nitrogens with one attached hydrogen (secondary N) is 1. The zero-order valence-corrected chi connectivity index (χ0v) is 14.2. The Morgan fingerprint density at radius 3 is 2.82 bits per heavy atom. The first-order valence-corrected chi connectivity index (χ1v) is 9.76.